The number of amides is 1. The number of aryl methyl sites for hydroxylation is 1. The third-order valence-corrected chi connectivity index (χ3v) is 8.18. The molecule has 2 N–H and O–H groups in total. The second kappa shape index (κ2) is 21.1. The largest absolute Gasteiger partial charge is 0.387 e. The molecule has 1 saturated carbocycles. The average Bonchev–Trinajstić information content (AvgIpc) is 3.09. The second-order valence-electron chi connectivity index (χ2n) is 13.0. The van der Waals surface area contributed by atoms with Gasteiger partial charge in [-0.1, -0.05) is 136 Å². The lowest BCUT2D eigenvalue weighted by Crippen LogP contribution is -2.45. The van der Waals surface area contributed by atoms with Crippen LogP contribution in [0.25, 0.3) is 11.1 Å². The molecule has 258 valence electrons. The highest BCUT2D eigenvalue weighted by atomic mass is 16.2. The van der Waals surface area contributed by atoms with Gasteiger partial charge in [-0.25, -0.2) is 0 Å². The molecule has 1 aliphatic carbocycles. The van der Waals surface area contributed by atoms with Crippen molar-refractivity contribution in [2.24, 2.45) is 5.92 Å². The molecule has 0 aliphatic heterocycles. The van der Waals surface area contributed by atoms with Crippen LogP contribution in [0.3, 0.4) is 0 Å². The van der Waals surface area contributed by atoms with E-state index in [0.29, 0.717) is 6.42 Å². The summed E-state index contributed by atoms with van der Waals surface area (Å²) in [4.78, 5) is 18.9. The lowest BCUT2D eigenvalue weighted by molar-refractivity contribution is -0.122. The van der Waals surface area contributed by atoms with Crippen molar-refractivity contribution >= 4 is 5.91 Å². The van der Waals surface area contributed by atoms with Crippen LogP contribution < -0.4 is 10.6 Å². The van der Waals surface area contributed by atoms with E-state index in [1.807, 2.05) is 48.3 Å². The Balaban J connectivity index is 0.000000334. The highest BCUT2D eigenvalue weighted by molar-refractivity contribution is 5.79. The summed E-state index contributed by atoms with van der Waals surface area (Å²) in [7, 11) is 1.91. The highest BCUT2D eigenvalue weighted by Crippen LogP contribution is 2.33. The number of benzene rings is 3. The van der Waals surface area contributed by atoms with Gasteiger partial charge in [-0.2, -0.15) is 0 Å². The van der Waals surface area contributed by atoms with Crippen LogP contribution in [0.4, 0.5) is 0 Å². The summed E-state index contributed by atoms with van der Waals surface area (Å²) in [5.41, 5.74) is 9.33. The quantitative estimate of drug-likeness (QED) is 0.151. The van der Waals surface area contributed by atoms with Gasteiger partial charge in [-0.3, -0.25) is 9.78 Å². The van der Waals surface area contributed by atoms with Crippen LogP contribution in [-0.2, 0) is 17.6 Å². The van der Waals surface area contributed by atoms with Crippen molar-refractivity contribution in [2.45, 2.75) is 65.8 Å². The van der Waals surface area contributed by atoms with Crippen LogP contribution in [-0.4, -0.2) is 42.0 Å². The van der Waals surface area contributed by atoms with Gasteiger partial charge in [0.2, 0.25) is 5.91 Å². The molecule has 49 heavy (non-hydrogen) atoms. The summed E-state index contributed by atoms with van der Waals surface area (Å²) in [6.45, 7) is 18.0. The van der Waals surface area contributed by atoms with E-state index in [0.717, 1.165) is 48.7 Å². The van der Waals surface area contributed by atoms with Gasteiger partial charge in [0.1, 0.15) is 0 Å². The molecule has 0 saturated heterocycles. The van der Waals surface area contributed by atoms with Crippen LogP contribution in [0.15, 0.2) is 146 Å². The van der Waals surface area contributed by atoms with Crippen molar-refractivity contribution in [1.29, 1.82) is 0 Å². The molecule has 1 heterocycles. The SMILES string of the molecule is C=C(NCCc1ccncc1)C(Cc1ccccc1)NC(=O)CN(C)C(=C)C=C1CC(C)C1.CCC.Cc1ccc(-c2ccccc2)cc1. The molecule has 3 aromatic carbocycles. The van der Waals surface area contributed by atoms with Gasteiger partial charge >= 0.3 is 0 Å². The molecule has 1 unspecified atom stereocenters. The summed E-state index contributed by atoms with van der Waals surface area (Å²) in [5.74, 6) is 0.713. The zero-order valence-corrected chi connectivity index (χ0v) is 30.3. The number of carbonyl (C=O) groups is 1. The minimum Gasteiger partial charge on any atom is -0.387 e. The molecule has 5 nitrogen and oxygen atoms in total. The van der Waals surface area contributed by atoms with Crippen molar-refractivity contribution in [2.75, 3.05) is 20.1 Å². The Hall–Kier alpha value is -4.90. The first-order chi connectivity index (χ1) is 23.7. The van der Waals surface area contributed by atoms with E-state index in [1.165, 1.54) is 34.2 Å². The standard InChI is InChI=1S/C28H36N4O.C13H12.C3H8/c1-21-16-26(17-21)18-22(2)32(4)20-28(33)31-27(19-25-8-6-5-7-9-25)23(3)30-15-12-24-10-13-29-14-11-24;1-11-7-9-13(10-8-11)12-5-3-2-4-6-12;1-3-2/h5-11,13-14,18,21,27,30H,2-3,12,15-17,19-20H2,1,4H3,(H,31,33);2-10H,1H3;3H2,1-2H3. The first-order valence-electron chi connectivity index (χ1n) is 17.5. The van der Waals surface area contributed by atoms with Gasteiger partial charge in [-0.15, -0.1) is 0 Å². The molecule has 1 atom stereocenters. The third-order valence-electron chi connectivity index (χ3n) is 8.18. The minimum atomic E-state index is -0.204. The van der Waals surface area contributed by atoms with Crippen LogP contribution in [0, 0.1) is 12.8 Å². The fourth-order valence-electron chi connectivity index (χ4n) is 5.38. The number of likely N-dealkylation sites (N-methyl/N-ethyl adjacent to an activating group) is 1. The van der Waals surface area contributed by atoms with E-state index in [4.69, 9.17) is 0 Å². The highest BCUT2D eigenvalue weighted by Gasteiger charge is 2.20. The Bertz CT molecular complexity index is 1570. The fourth-order valence-corrected chi connectivity index (χ4v) is 5.38. The smallest absolute Gasteiger partial charge is 0.240 e. The maximum Gasteiger partial charge on any atom is 0.240 e. The van der Waals surface area contributed by atoms with E-state index in [9.17, 15) is 4.79 Å². The predicted octanol–water partition coefficient (Wildman–Crippen LogP) is 9.34. The monoisotopic (exact) mass is 656 g/mol. The predicted molar refractivity (Wildman–Crippen MR) is 208 cm³/mol. The second-order valence-corrected chi connectivity index (χ2v) is 13.0. The lowest BCUT2D eigenvalue weighted by atomic mass is 9.81. The molecule has 1 amide bonds. The zero-order valence-electron chi connectivity index (χ0n) is 30.3. The maximum atomic E-state index is 12.9. The topological polar surface area (TPSA) is 57.3 Å². The number of aromatic nitrogens is 1. The summed E-state index contributed by atoms with van der Waals surface area (Å²) >= 11 is 0. The van der Waals surface area contributed by atoms with Gasteiger partial charge < -0.3 is 15.5 Å². The van der Waals surface area contributed by atoms with Gasteiger partial charge in [-0.05, 0) is 79.0 Å². The molecule has 0 bridgehead atoms. The molecule has 1 aliphatic rings. The molecular formula is C44H56N4O. The minimum absolute atomic E-state index is 0.0444. The Labute approximate surface area is 295 Å². The van der Waals surface area contributed by atoms with Gasteiger partial charge in [0.05, 0.1) is 12.6 Å². The number of hydrogen-bond donors (Lipinski definition) is 2. The third kappa shape index (κ3) is 14.4. The Kier molecular flexibility index (Phi) is 16.6. The van der Waals surface area contributed by atoms with E-state index in [-0.39, 0.29) is 18.5 Å². The van der Waals surface area contributed by atoms with E-state index in [1.54, 1.807) is 12.4 Å². The van der Waals surface area contributed by atoms with Crippen molar-refractivity contribution in [3.8, 4) is 11.1 Å². The number of allylic oxidation sites excluding steroid dienone is 2. The first kappa shape index (κ1) is 38.5. The van der Waals surface area contributed by atoms with Gasteiger partial charge in [0, 0.05) is 37.4 Å². The molecule has 1 fully saturated rings. The van der Waals surface area contributed by atoms with Gasteiger partial charge in [0.25, 0.3) is 0 Å². The molecule has 4 aromatic rings. The normalized spacial score (nSPS) is 13.6. The lowest BCUT2D eigenvalue weighted by Gasteiger charge is -2.28. The molecule has 1 aromatic heterocycles. The van der Waals surface area contributed by atoms with Crippen molar-refractivity contribution in [3.05, 3.63) is 162 Å². The van der Waals surface area contributed by atoms with Crippen molar-refractivity contribution in [1.82, 2.24) is 20.5 Å². The van der Waals surface area contributed by atoms with Crippen molar-refractivity contribution in [3.63, 3.8) is 0 Å². The average molecular weight is 657 g/mol. The fraction of sp³-hybridized carbons (Fsp3) is 0.318. The summed E-state index contributed by atoms with van der Waals surface area (Å²) in [6.07, 6.45) is 10.8. The summed E-state index contributed by atoms with van der Waals surface area (Å²) < 4.78 is 0. The van der Waals surface area contributed by atoms with Crippen LogP contribution in [0.1, 0.15) is 56.7 Å². The van der Waals surface area contributed by atoms with E-state index < -0.39 is 0 Å². The molecule has 5 rings (SSSR count). The van der Waals surface area contributed by atoms with E-state index >= 15 is 0 Å². The molecule has 0 radical (unpaired) electrons. The Morgan fingerprint density at radius 1 is 0.878 bits per heavy atom. The Morgan fingerprint density at radius 3 is 2.04 bits per heavy atom. The van der Waals surface area contributed by atoms with Crippen LogP contribution in [0.2, 0.25) is 0 Å². The number of pyridine rings is 1. The number of nitrogens with zero attached hydrogens (tertiary/aromatic N) is 2. The van der Waals surface area contributed by atoms with Crippen LogP contribution in [0.5, 0.6) is 0 Å². The van der Waals surface area contributed by atoms with Crippen LogP contribution >= 0.6 is 0 Å². The molecule has 0 spiro atoms. The first-order valence-corrected chi connectivity index (χ1v) is 17.5. The van der Waals surface area contributed by atoms with Gasteiger partial charge in [0.15, 0.2) is 0 Å². The zero-order chi connectivity index (χ0) is 35.4. The molecular weight excluding hydrogens is 601 g/mol. The number of hydrogen-bond acceptors (Lipinski definition) is 4. The number of carbonyl (C=O) groups excluding carboxylic acids is 1. The molecule has 5 heteroatoms. The summed E-state index contributed by atoms with van der Waals surface area (Å²) in [5, 5.41) is 6.58. The number of rotatable bonds is 13. The van der Waals surface area contributed by atoms with Crippen molar-refractivity contribution < 1.29 is 4.79 Å². The number of nitrogens with one attached hydrogen (secondary N) is 2. The van der Waals surface area contributed by atoms with E-state index in [2.05, 4.69) is 123 Å². The summed E-state index contributed by atoms with van der Waals surface area (Å²) in [6, 6.07) is 33.0. The Morgan fingerprint density at radius 2 is 1.45 bits per heavy atom. The maximum absolute atomic E-state index is 12.9.